The lowest BCUT2D eigenvalue weighted by Crippen LogP contribution is -2.35. The minimum atomic E-state index is 0.515. The third kappa shape index (κ3) is 3.16. The second-order valence-electron chi connectivity index (χ2n) is 7.71. The third-order valence-electron chi connectivity index (χ3n) is 5.73. The van der Waals surface area contributed by atoms with Gasteiger partial charge >= 0.3 is 0 Å². The summed E-state index contributed by atoms with van der Waals surface area (Å²) >= 11 is 6.27. The highest BCUT2D eigenvalue weighted by molar-refractivity contribution is 6.30. The molecule has 6 nitrogen and oxygen atoms in total. The van der Waals surface area contributed by atoms with E-state index in [1.807, 2.05) is 18.3 Å². The zero-order chi connectivity index (χ0) is 19.1. The van der Waals surface area contributed by atoms with Crippen LogP contribution in [0.15, 0.2) is 42.6 Å². The quantitative estimate of drug-likeness (QED) is 0.664. The molecule has 1 saturated heterocycles. The second-order valence-corrected chi connectivity index (χ2v) is 8.15. The minimum absolute atomic E-state index is 0.515. The predicted octanol–water partition coefficient (Wildman–Crippen LogP) is 3.65. The van der Waals surface area contributed by atoms with Gasteiger partial charge in [-0.1, -0.05) is 17.7 Å². The maximum atomic E-state index is 6.27. The Kier molecular flexibility index (Phi) is 4.53. The zero-order valence-electron chi connectivity index (χ0n) is 15.9. The molecule has 2 aliphatic rings. The highest BCUT2D eigenvalue weighted by atomic mass is 35.5. The van der Waals surface area contributed by atoms with Crippen molar-refractivity contribution in [2.45, 2.75) is 31.8 Å². The van der Waals surface area contributed by atoms with Gasteiger partial charge in [-0.05, 0) is 55.8 Å². The predicted molar refractivity (Wildman–Crippen MR) is 110 cm³/mol. The number of pyridine rings is 1. The van der Waals surface area contributed by atoms with Crippen LogP contribution in [0.1, 0.15) is 35.8 Å². The van der Waals surface area contributed by atoms with Crippen molar-refractivity contribution in [3.8, 4) is 5.69 Å². The van der Waals surface area contributed by atoms with Crippen LogP contribution < -0.4 is 4.90 Å². The van der Waals surface area contributed by atoms with Crippen molar-refractivity contribution < 1.29 is 0 Å². The molecular weight excluding hydrogens is 372 g/mol. The molecule has 2 aromatic heterocycles. The molecule has 0 saturated carbocycles. The molecule has 0 amide bonds. The molecule has 0 N–H and O–H groups in total. The van der Waals surface area contributed by atoms with E-state index in [9.17, 15) is 0 Å². The number of fused-ring (bicyclic) bond motifs is 3. The molecule has 1 aromatic carbocycles. The summed E-state index contributed by atoms with van der Waals surface area (Å²) < 4.78 is 2.22. The lowest BCUT2D eigenvalue weighted by Gasteiger charge is -2.32. The van der Waals surface area contributed by atoms with Crippen molar-refractivity contribution in [2.24, 2.45) is 0 Å². The molecule has 1 fully saturated rings. The SMILES string of the molecule is CN1Cc2cc(Cl)ccc2-n2c(nnc2N2CCC(c3ccccn3)CC2)C1. The number of hydrogen-bond acceptors (Lipinski definition) is 5. The van der Waals surface area contributed by atoms with Crippen LogP contribution in [-0.4, -0.2) is 44.8 Å². The number of benzene rings is 1. The molecule has 3 aromatic rings. The number of rotatable bonds is 2. The van der Waals surface area contributed by atoms with Crippen molar-refractivity contribution in [1.29, 1.82) is 0 Å². The van der Waals surface area contributed by atoms with Gasteiger partial charge in [-0.25, -0.2) is 0 Å². The Morgan fingerprint density at radius 1 is 1.04 bits per heavy atom. The van der Waals surface area contributed by atoms with Crippen molar-refractivity contribution >= 4 is 17.5 Å². The molecule has 0 unspecified atom stereocenters. The standard InChI is InChI=1S/C21H23ClN6/c1-26-13-16-12-17(22)5-6-19(16)28-20(14-26)24-25-21(28)27-10-7-15(8-11-27)18-4-2-3-9-23-18/h2-6,9,12,15H,7-8,10-11,13-14H2,1H3. The van der Waals surface area contributed by atoms with E-state index in [1.165, 1.54) is 11.3 Å². The smallest absolute Gasteiger partial charge is 0.231 e. The molecule has 0 atom stereocenters. The van der Waals surface area contributed by atoms with E-state index in [-0.39, 0.29) is 0 Å². The van der Waals surface area contributed by atoms with E-state index in [4.69, 9.17) is 11.6 Å². The summed E-state index contributed by atoms with van der Waals surface area (Å²) in [5.74, 6) is 2.43. The molecule has 0 radical (unpaired) electrons. The Hall–Kier alpha value is -2.44. The van der Waals surface area contributed by atoms with Gasteiger partial charge in [0.2, 0.25) is 5.95 Å². The van der Waals surface area contributed by atoms with Gasteiger partial charge in [-0.3, -0.25) is 14.5 Å². The van der Waals surface area contributed by atoms with Gasteiger partial charge in [0.1, 0.15) is 0 Å². The molecule has 2 aliphatic heterocycles. The molecule has 5 rings (SSSR count). The Bertz CT molecular complexity index is 978. The van der Waals surface area contributed by atoms with Crippen molar-refractivity contribution in [2.75, 3.05) is 25.0 Å². The van der Waals surface area contributed by atoms with Crippen LogP contribution in [0.2, 0.25) is 5.02 Å². The maximum Gasteiger partial charge on any atom is 0.231 e. The van der Waals surface area contributed by atoms with Gasteiger partial charge in [0.25, 0.3) is 0 Å². The fourth-order valence-electron chi connectivity index (χ4n) is 4.34. The van der Waals surface area contributed by atoms with Gasteiger partial charge < -0.3 is 4.90 Å². The molecule has 144 valence electrons. The summed E-state index contributed by atoms with van der Waals surface area (Å²) in [5, 5.41) is 9.87. The van der Waals surface area contributed by atoms with Gasteiger partial charge in [-0.15, -0.1) is 10.2 Å². The van der Waals surface area contributed by atoms with Crippen LogP contribution in [-0.2, 0) is 13.1 Å². The summed E-state index contributed by atoms with van der Waals surface area (Å²) in [6.45, 7) is 3.53. The average molecular weight is 395 g/mol. The fourth-order valence-corrected chi connectivity index (χ4v) is 4.54. The van der Waals surface area contributed by atoms with E-state index in [0.717, 1.165) is 61.5 Å². The number of aromatic nitrogens is 4. The van der Waals surface area contributed by atoms with Gasteiger partial charge in [0.15, 0.2) is 5.82 Å². The van der Waals surface area contributed by atoms with E-state index in [0.29, 0.717) is 5.92 Å². The molecular formula is C21H23ClN6. The monoisotopic (exact) mass is 394 g/mol. The fraction of sp³-hybridized carbons (Fsp3) is 0.381. The molecule has 28 heavy (non-hydrogen) atoms. The van der Waals surface area contributed by atoms with Crippen LogP contribution in [0.5, 0.6) is 0 Å². The number of nitrogens with zero attached hydrogens (tertiary/aromatic N) is 6. The van der Waals surface area contributed by atoms with E-state index in [1.54, 1.807) is 0 Å². The highest BCUT2D eigenvalue weighted by Crippen LogP contribution is 2.33. The zero-order valence-corrected chi connectivity index (χ0v) is 16.7. The Labute approximate surface area is 169 Å². The van der Waals surface area contributed by atoms with Crippen LogP contribution in [0.3, 0.4) is 0 Å². The largest absolute Gasteiger partial charge is 0.341 e. The first-order valence-electron chi connectivity index (χ1n) is 9.76. The molecule has 0 spiro atoms. The van der Waals surface area contributed by atoms with Crippen molar-refractivity contribution in [1.82, 2.24) is 24.6 Å². The summed E-state index contributed by atoms with van der Waals surface area (Å²) in [7, 11) is 2.10. The summed E-state index contributed by atoms with van der Waals surface area (Å²) in [4.78, 5) is 9.16. The normalized spacial score (nSPS) is 17.9. The number of hydrogen-bond donors (Lipinski definition) is 0. The van der Waals surface area contributed by atoms with Crippen LogP contribution >= 0.6 is 11.6 Å². The first kappa shape index (κ1) is 17.6. The first-order valence-corrected chi connectivity index (χ1v) is 10.1. The summed E-state index contributed by atoms with van der Waals surface area (Å²) in [6, 6.07) is 12.3. The van der Waals surface area contributed by atoms with Crippen LogP contribution in [0.4, 0.5) is 5.95 Å². The van der Waals surface area contributed by atoms with E-state index in [2.05, 4.69) is 60.9 Å². The maximum absolute atomic E-state index is 6.27. The Balaban J connectivity index is 1.45. The van der Waals surface area contributed by atoms with Crippen LogP contribution in [0.25, 0.3) is 5.69 Å². The lowest BCUT2D eigenvalue weighted by atomic mass is 9.93. The third-order valence-corrected chi connectivity index (χ3v) is 5.97. The summed E-state index contributed by atoms with van der Waals surface area (Å²) in [5.41, 5.74) is 3.54. The van der Waals surface area contributed by atoms with Crippen LogP contribution in [0, 0.1) is 0 Å². The minimum Gasteiger partial charge on any atom is -0.341 e. The molecule has 0 aliphatic carbocycles. The summed E-state index contributed by atoms with van der Waals surface area (Å²) in [6.07, 6.45) is 4.04. The van der Waals surface area contributed by atoms with Crippen molar-refractivity contribution in [3.05, 3.63) is 64.7 Å². The van der Waals surface area contributed by atoms with E-state index >= 15 is 0 Å². The molecule has 0 bridgehead atoms. The lowest BCUT2D eigenvalue weighted by molar-refractivity contribution is 0.315. The van der Waals surface area contributed by atoms with Gasteiger partial charge in [0, 0.05) is 42.5 Å². The first-order chi connectivity index (χ1) is 13.7. The number of halogens is 1. The van der Waals surface area contributed by atoms with Crippen molar-refractivity contribution in [3.63, 3.8) is 0 Å². The van der Waals surface area contributed by atoms with E-state index < -0.39 is 0 Å². The number of piperidine rings is 1. The van der Waals surface area contributed by atoms with Gasteiger partial charge in [-0.2, -0.15) is 0 Å². The molecule has 7 heteroatoms. The average Bonchev–Trinajstić information content (AvgIpc) is 3.06. The van der Waals surface area contributed by atoms with Gasteiger partial charge in [0.05, 0.1) is 12.2 Å². The number of anilines is 1. The highest BCUT2D eigenvalue weighted by Gasteiger charge is 2.28. The molecule has 4 heterocycles. The topological polar surface area (TPSA) is 50.1 Å². The second kappa shape index (κ2) is 7.18. The Morgan fingerprint density at radius 2 is 1.89 bits per heavy atom. The Morgan fingerprint density at radius 3 is 2.68 bits per heavy atom.